The molecule has 0 saturated heterocycles. The van der Waals surface area contributed by atoms with Crippen LogP contribution in [0.4, 0.5) is 0 Å². The third-order valence-electron chi connectivity index (χ3n) is 3.58. The van der Waals surface area contributed by atoms with Crippen molar-refractivity contribution in [3.63, 3.8) is 0 Å². The molecule has 0 aromatic heterocycles. The molecule has 1 aromatic rings. The van der Waals surface area contributed by atoms with Gasteiger partial charge in [0.05, 0.1) is 11.9 Å². The molecule has 0 fully saturated rings. The van der Waals surface area contributed by atoms with Crippen molar-refractivity contribution in [1.29, 1.82) is 0 Å². The highest BCUT2D eigenvalue weighted by molar-refractivity contribution is 7.85. The molecule has 0 saturated carbocycles. The van der Waals surface area contributed by atoms with E-state index in [1.807, 2.05) is 12.1 Å². The van der Waals surface area contributed by atoms with E-state index >= 15 is 0 Å². The Kier molecular flexibility index (Phi) is 4.92. The third-order valence-corrected chi connectivity index (χ3v) is 5.35. The van der Waals surface area contributed by atoms with Gasteiger partial charge in [0, 0.05) is 29.7 Å². The van der Waals surface area contributed by atoms with Gasteiger partial charge < -0.3 is 10.5 Å². The van der Waals surface area contributed by atoms with Crippen LogP contribution in [0.15, 0.2) is 24.3 Å². The van der Waals surface area contributed by atoms with Gasteiger partial charge in [-0.15, -0.1) is 0 Å². The van der Waals surface area contributed by atoms with Crippen molar-refractivity contribution in [3.8, 4) is 0 Å². The van der Waals surface area contributed by atoms with Crippen LogP contribution in [0.1, 0.15) is 30.0 Å². The lowest BCUT2D eigenvalue weighted by Crippen LogP contribution is -2.31. The Morgan fingerprint density at radius 1 is 1.44 bits per heavy atom. The minimum atomic E-state index is -0.905. The SMILES string of the molecule is COCCS(=O)C1CCCc2ccccc2C1N. The smallest absolute Gasteiger partial charge is 0.0577 e. The number of hydrogen-bond donors (Lipinski definition) is 1. The monoisotopic (exact) mass is 267 g/mol. The summed E-state index contributed by atoms with van der Waals surface area (Å²) in [5.74, 6) is 0.580. The molecule has 100 valence electrons. The zero-order valence-electron chi connectivity index (χ0n) is 10.8. The molecule has 2 N–H and O–H groups in total. The van der Waals surface area contributed by atoms with Crippen LogP contribution in [0, 0.1) is 0 Å². The molecule has 4 heteroatoms. The van der Waals surface area contributed by atoms with Crippen molar-refractivity contribution in [2.45, 2.75) is 30.6 Å². The van der Waals surface area contributed by atoms with Crippen molar-refractivity contribution >= 4 is 10.8 Å². The fourth-order valence-electron chi connectivity index (χ4n) is 2.57. The van der Waals surface area contributed by atoms with Crippen LogP contribution in [0.25, 0.3) is 0 Å². The first-order valence-electron chi connectivity index (χ1n) is 6.43. The summed E-state index contributed by atoms with van der Waals surface area (Å²) in [5, 5.41) is 0.0591. The number of hydrogen-bond acceptors (Lipinski definition) is 3. The highest BCUT2D eigenvalue weighted by Gasteiger charge is 2.28. The Morgan fingerprint density at radius 2 is 2.22 bits per heavy atom. The van der Waals surface area contributed by atoms with Gasteiger partial charge in [0.1, 0.15) is 0 Å². The molecule has 18 heavy (non-hydrogen) atoms. The maximum Gasteiger partial charge on any atom is 0.0577 e. The van der Waals surface area contributed by atoms with Crippen molar-refractivity contribution in [1.82, 2.24) is 0 Å². The molecular weight excluding hydrogens is 246 g/mol. The van der Waals surface area contributed by atoms with E-state index in [1.165, 1.54) is 11.1 Å². The molecule has 0 radical (unpaired) electrons. The number of fused-ring (bicyclic) bond motifs is 1. The topological polar surface area (TPSA) is 52.3 Å². The number of aryl methyl sites for hydroxylation is 1. The predicted molar refractivity (Wildman–Crippen MR) is 75.0 cm³/mol. The predicted octanol–water partition coefficient (Wildman–Crippen LogP) is 1.79. The van der Waals surface area contributed by atoms with Crippen LogP contribution in [0.5, 0.6) is 0 Å². The minimum Gasteiger partial charge on any atom is -0.384 e. The number of methoxy groups -OCH3 is 1. The van der Waals surface area contributed by atoms with Crippen LogP contribution < -0.4 is 5.73 Å². The molecule has 2 rings (SSSR count). The fraction of sp³-hybridized carbons (Fsp3) is 0.571. The van der Waals surface area contributed by atoms with E-state index < -0.39 is 10.8 Å². The van der Waals surface area contributed by atoms with Gasteiger partial charge in [0.15, 0.2) is 0 Å². The normalized spacial score (nSPS) is 25.2. The lowest BCUT2D eigenvalue weighted by Gasteiger charge is -2.22. The lowest BCUT2D eigenvalue weighted by molar-refractivity contribution is 0.217. The molecule has 3 nitrogen and oxygen atoms in total. The van der Waals surface area contributed by atoms with Crippen LogP contribution in [-0.4, -0.2) is 28.9 Å². The van der Waals surface area contributed by atoms with E-state index in [4.69, 9.17) is 10.5 Å². The van der Waals surface area contributed by atoms with E-state index in [2.05, 4.69) is 12.1 Å². The minimum absolute atomic E-state index is 0.0591. The van der Waals surface area contributed by atoms with E-state index in [0.29, 0.717) is 12.4 Å². The quantitative estimate of drug-likeness (QED) is 0.846. The summed E-state index contributed by atoms with van der Waals surface area (Å²) in [7, 11) is 0.734. The van der Waals surface area contributed by atoms with Crippen LogP contribution in [0.3, 0.4) is 0 Å². The molecule has 1 aliphatic rings. The average Bonchev–Trinajstić information content (AvgIpc) is 2.56. The maximum absolute atomic E-state index is 12.3. The number of rotatable bonds is 4. The maximum atomic E-state index is 12.3. The van der Waals surface area contributed by atoms with E-state index in [9.17, 15) is 4.21 Å². The van der Waals surface area contributed by atoms with E-state index in [-0.39, 0.29) is 11.3 Å². The van der Waals surface area contributed by atoms with Gasteiger partial charge in [-0.1, -0.05) is 24.3 Å². The molecule has 0 bridgehead atoms. The van der Waals surface area contributed by atoms with E-state index in [0.717, 1.165) is 19.3 Å². The van der Waals surface area contributed by atoms with Crippen LogP contribution >= 0.6 is 0 Å². The second kappa shape index (κ2) is 6.45. The second-order valence-corrected chi connectivity index (χ2v) is 6.51. The first-order chi connectivity index (χ1) is 8.74. The van der Waals surface area contributed by atoms with Gasteiger partial charge in [-0.05, 0) is 30.4 Å². The van der Waals surface area contributed by atoms with Gasteiger partial charge >= 0.3 is 0 Å². The summed E-state index contributed by atoms with van der Waals surface area (Å²) < 4.78 is 17.3. The summed E-state index contributed by atoms with van der Waals surface area (Å²) in [6.45, 7) is 0.539. The molecule has 1 aliphatic carbocycles. The third kappa shape index (κ3) is 2.99. The van der Waals surface area contributed by atoms with E-state index in [1.54, 1.807) is 7.11 Å². The summed E-state index contributed by atoms with van der Waals surface area (Å²) in [5.41, 5.74) is 8.82. The molecule has 3 unspecified atom stereocenters. The van der Waals surface area contributed by atoms with Gasteiger partial charge in [0.25, 0.3) is 0 Å². The zero-order chi connectivity index (χ0) is 13.0. The fourth-order valence-corrected chi connectivity index (χ4v) is 4.11. The van der Waals surface area contributed by atoms with Gasteiger partial charge in [-0.2, -0.15) is 0 Å². The molecular formula is C14H21NO2S. The molecule has 0 amide bonds. The Hall–Kier alpha value is -0.710. The Morgan fingerprint density at radius 3 is 3.00 bits per heavy atom. The molecule has 0 spiro atoms. The van der Waals surface area contributed by atoms with Crippen molar-refractivity contribution in [2.75, 3.05) is 19.5 Å². The first kappa shape index (κ1) is 13.7. The van der Waals surface area contributed by atoms with Gasteiger partial charge in [-0.25, -0.2) is 0 Å². The summed E-state index contributed by atoms with van der Waals surface area (Å²) in [6, 6.07) is 8.16. The van der Waals surface area contributed by atoms with Gasteiger partial charge in [0.2, 0.25) is 0 Å². The highest BCUT2D eigenvalue weighted by Crippen LogP contribution is 2.30. The Labute approximate surface area is 111 Å². The molecule has 0 aliphatic heterocycles. The molecule has 1 aromatic carbocycles. The van der Waals surface area contributed by atoms with Crippen molar-refractivity contribution in [2.24, 2.45) is 5.73 Å². The highest BCUT2D eigenvalue weighted by atomic mass is 32.2. The summed E-state index contributed by atoms with van der Waals surface area (Å²) >= 11 is 0. The Bertz CT molecular complexity index is 422. The second-order valence-electron chi connectivity index (χ2n) is 4.73. The molecule has 3 atom stereocenters. The molecule has 0 heterocycles. The largest absolute Gasteiger partial charge is 0.384 e. The zero-order valence-corrected chi connectivity index (χ0v) is 11.6. The lowest BCUT2D eigenvalue weighted by atomic mass is 10.00. The average molecular weight is 267 g/mol. The van der Waals surface area contributed by atoms with Crippen molar-refractivity contribution in [3.05, 3.63) is 35.4 Å². The van der Waals surface area contributed by atoms with Crippen LogP contribution in [-0.2, 0) is 22.0 Å². The Balaban J connectivity index is 2.17. The standard InChI is InChI=1S/C14H21NO2S/c1-17-9-10-18(16)13-8-4-6-11-5-2-3-7-12(11)14(13)15/h2-3,5,7,13-14H,4,6,8-10,15H2,1H3. The summed E-state index contributed by atoms with van der Waals surface area (Å²) in [6.07, 6.45) is 3.04. The first-order valence-corrected chi connectivity index (χ1v) is 7.81. The number of ether oxygens (including phenoxy) is 1. The number of nitrogens with two attached hydrogens (primary N) is 1. The van der Waals surface area contributed by atoms with Crippen molar-refractivity contribution < 1.29 is 8.95 Å². The summed E-state index contributed by atoms with van der Waals surface area (Å²) in [4.78, 5) is 0. The number of benzene rings is 1. The van der Waals surface area contributed by atoms with Crippen LogP contribution in [0.2, 0.25) is 0 Å². The van der Waals surface area contributed by atoms with Gasteiger partial charge in [-0.3, -0.25) is 4.21 Å².